The number of nitrogens with zero attached hydrogens (tertiary/aromatic N) is 1. The van der Waals surface area contributed by atoms with Crippen molar-refractivity contribution in [3.05, 3.63) is 38.3 Å². The molecular formula is C12H17BrN2O2. The van der Waals surface area contributed by atoms with Gasteiger partial charge in [0.15, 0.2) is 0 Å². The van der Waals surface area contributed by atoms with Gasteiger partial charge in [0.25, 0.3) is 5.69 Å². The zero-order valence-corrected chi connectivity index (χ0v) is 11.8. The first kappa shape index (κ1) is 14.1. The molecule has 0 radical (unpaired) electrons. The molecular weight excluding hydrogens is 284 g/mol. The minimum atomic E-state index is -0.376. The molecule has 1 aromatic carbocycles. The molecule has 1 unspecified atom stereocenters. The summed E-state index contributed by atoms with van der Waals surface area (Å²) in [5, 5.41) is 14.1. The summed E-state index contributed by atoms with van der Waals surface area (Å²) in [4.78, 5) is 10.4. The molecule has 0 aliphatic heterocycles. The zero-order valence-electron chi connectivity index (χ0n) is 10.2. The van der Waals surface area contributed by atoms with Crippen LogP contribution < -0.4 is 5.32 Å². The maximum absolute atomic E-state index is 10.8. The van der Waals surface area contributed by atoms with E-state index in [2.05, 4.69) is 42.0 Å². The van der Waals surface area contributed by atoms with Crippen molar-refractivity contribution in [2.75, 3.05) is 0 Å². The summed E-state index contributed by atoms with van der Waals surface area (Å²) in [5.41, 5.74) is 1.04. The van der Waals surface area contributed by atoms with Crippen LogP contribution in [0.25, 0.3) is 0 Å². The van der Waals surface area contributed by atoms with E-state index < -0.39 is 0 Å². The smallest absolute Gasteiger partial charge is 0.283 e. The highest BCUT2D eigenvalue weighted by molar-refractivity contribution is 9.10. The van der Waals surface area contributed by atoms with E-state index in [9.17, 15) is 10.1 Å². The average molecular weight is 301 g/mol. The molecule has 5 heteroatoms. The predicted molar refractivity (Wildman–Crippen MR) is 71.9 cm³/mol. The van der Waals surface area contributed by atoms with Crippen LogP contribution in [0.15, 0.2) is 22.7 Å². The lowest BCUT2D eigenvalue weighted by Gasteiger charge is -2.17. The number of nitro benzene ring substituents is 1. The van der Waals surface area contributed by atoms with Gasteiger partial charge in [-0.3, -0.25) is 10.1 Å². The Balaban J connectivity index is 2.73. The third kappa shape index (κ3) is 4.09. The highest BCUT2D eigenvalue weighted by Gasteiger charge is 2.13. The first-order valence-corrected chi connectivity index (χ1v) is 6.37. The highest BCUT2D eigenvalue weighted by Crippen LogP contribution is 2.25. The van der Waals surface area contributed by atoms with Crippen molar-refractivity contribution in [3.8, 4) is 0 Å². The van der Waals surface area contributed by atoms with E-state index >= 15 is 0 Å². The van der Waals surface area contributed by atoms with Crippen LogP contribution in [0.1, 0.15) is 26.3 Å². The summed E-state index contributed by atoms with van der Waals surface area (Å²) >= 11 is 3.17. The minimum Gasteiger partial charge on any atom is -0.310 e. The van der Waals surface area contributed by atoms with Crippen LogP contribution in [-0.2, 0) is 6.54 Å². The Hall–Kier alpha value is -0.940. The summed E-state index contributed by atoms with van der Waals surface area (Å²) < 4.78 is 0.517. The Kier molecular flexibility index (Phi) is 5.08. The molecule has 0 heterocycles. The monoisotopic (exact) mass is 300 g/mol. The number of hydrogen-bond acceptors (Lipinski definition) is 3. The van der Waals surface area contributed by atoms with E-state index in [1.54, 1.807) is 12.1 Å². The first-order valence-electron chi connectivity index (χ1n) is 5.58. The largest absolute Gasteiger partial charge is 0.310 e. The molecule has 17 heavy (non-hydrogen) atoms. The van der Waals surface area contributed by atoms with Gasteiger partial charge < -0.3 is 5.32 Å². The fraction of sp³-hybridized carbons (Fsp3) is 0.500. The zero-order chi connectivity index (χ0) is 13.0. The van der Waals surface area contributed by atoms with E-state index in [-0.39, 0.29) is 10.6 Å². The van der Waals surface area contributed by atoms with Gasteiger partial charge >= 0.3 is 0 Å². The fourth-order valence-electron chi connectivity index (χ4n) is 1.32. The van der Waals surface area contributed by atoms with E-state index in [1.807, 2.05) is 6.07 Å². The van der Waals surface area contributed by atoms with Gasteiger partial charge in [-0.15, -0.1) is 0 Å². The summed E-state index contributed by atoms with van der Waals surface area (Å²) in [7, 11) is 0. The lowest BCUT2D eigenvalue weighted by molar-refractivity contribution is -0.385. The van der Waals surface area contributed by atoms with Crippen LogP contribution in [0.2, 0.25) is 0 Å². The predicted octanol–water partition coefficient (Wildman–Crippen LogP) is 3.49. The van der Waals surface area contributed by atoms with Gasteiger partial charge in [-0.05, 0) is 40.4 Å². The highest BCUT2D eigenvalue weighted by atomic mass is 79.9. The van der Waals surface area contributed by atoms with E-state index in [4.69, 9.17) is 0 Å². The van der Waals surface area contributed by atoms with Gasteiger partial charge in [0.2, 0.25) is 0 Å². The van der Waals surface area contributed by atoms with E-state index in [0.717, 1.165) is 5.56 Å². The molecule has 94 valence electrons. The molecule has 0 bridgehead atoms. The summed E-state index contributed by atoms with van der Waals surface area (Å²) in [6.07, 6.45) is 0. The molecule has 0 aliphatic carbocycles. The Labute approximate surface area is 110 Å². The van der Waals surface area contributed by atoms with Crippen LogP contribution in [0.4, 0.5) is 5.69 Å². The van der Waals surface area contributed by atoms with Crippen LogP contribution in [0.5, 0.6) is 0 Å². The van der Waals surface area contributed by atoms with Gasteiger partial charge in [0.1, 0.15) is 0 Å². The van der Waals surface area contributed by atoms with Crippen molar-refractivity contribution < 1.29 is 4.92 Å². The topological polar surface area (TPSA) is 55.2 Å². The van der Waals surface area contributed by atoms with Crippen molar-refractivity contribution in [1.82, 2.24) is 5.32 Å². The number of nitro groups is 1. The number of halogens is 1. The van der Waals surface area contributed by atoms with E-state index in [0.29, 0.717) is 23.0 Å². The quantitative estimate of drug-likeness (QED) is 0.669. The number of rotatable bonds is 5. The number of hydrogen-bond donors (Lipinski definition) is 1. The molecule has 0 amide bonds. The maximum Gasteiger partial charge on any atom is 0.283 e. The molecule has 1 rings (SSSR count). The Morgan fingerprint density at radius 1 is 1.41 bits per heavy atom. The molecule has 0 aromatic heterocycles. The van der Waals surface area contributed by atoms with Crippen molar-refractivity contribution >= 4 is 21.6 Å². The summed E-state index contributed by atoms with van der Waals surface area (Å²) in [6.45, 7) is 7.04. The van der Waals surface area contributed by atoms with Crippen molar-refractivity contribution in [2.45, 2.75) is 33.4 Å². The Bertz CT molecular complexity index is 407. The molecule has 0 saturated heterocycles. The van der Waals surface area contributed by atoms with Gasteiger partial charge in [0.05, 0.1) is 9.40 Å². The first-order chi connectivity index (χ1) is 7.91. The van der Waals surface area contributed by atoms with Crippen LogP contribution in [0.3, 0.4) is 0 Å². The van der Waals surface area contributed by atoms with Gasteiger partial charge in [-0.25, -0.2) is 0 Å². The number of benzene rings is 1. The average Bonchev–Trinajstić information content (AvgIpc) is 2.26. The maximum atomic E-state index is 10.8. The SMILES string of the molecule is CC(C)C(C)NCc1ccc(Br)c([N+](=O)[O-])c1. The third-order valence-electron chi connectivity index (χ3n) is 2.84. The van der Waals surface area contributed by atoms with Crippen LogP contribution >= 0.6 is 15.9 Å². The van der Waals surface area contributed by atoms with Crippen molar-refractivity contribution in [3.63, 3.8) is 0 Å². The minimum absolute atomic E-state index is 0.113. The summed E-state index contributed by atoms with van der Waals surface area (Å²) in [5.74, 6) is 0.542. The Morgan fingerprint density at radius 2 is 2.06 bits per heavy atom. The molecule has 0 saturated carbocycles. The third-order valence-corrected chi connectivity index (χ3v) is 3.51. The van der Waals surface area contributed by atoms with Crippen LogP contribution in [0, 0.1) is 16.0 Å². The second-order valence-corrected chi connectivity index (χ2v) is 5.31. The van der Waals surface area contributed by atoms with Crippen molar-refractivity contribution in [2.24, 2.45) is 5.92 Å². The van der Waals surface area contributed by atoms with Crippen molar-refractivity contribution in [1.29, 1.82) is 0 Å². The number of nitrogens with one attached hydrogen (secondary N) is 1. The lowest BCUT2D eigenvalue weighted by Crippen LogP contribution is -2.30. The fourth-order valence-corrected chi connectivity index (χ4v) is 1.71. The normalized spacial score (nSPS) is 12.8. The van der Waals surface area contributed by atoms with E-state index in [1.165, 1.54) is 0 Å². The van der Waals surface area contributed by atoms with Gasteiger partial charge in [-0.1, -0.05) is 19.9 Å². The second-order valence-electron chi connectivity index (χ2n) is 4.46. The molecule has 0 fully saturated rings. The lowest BCUT2D eigenvalue weighted by atomic mass is 10.1. The molecule has 1 aromatic rings. The summed E-state index contributed by atoms with van der Waals surface area (Å²) in [6, 6.07) is 5.59. The standard InChI is InChI=1S/C12H17BrN2O2/c1-8(2)9(3)14-7-10-4-5-11(13)12(6-10)15(16)17/h4-6,8-9,14H,7H2,1-3H3. The van der Waals surface area contributed by atoms with Gasteiger partial charge in [-0.2, -0.15) is 0 Å². The molecule has 4 nitrogen and oxygen atoms in total. The molecule has 0 spiro atoms. The van der Waals surface area contributed by atoms with Gasteiger partial charge in [0, 0.05) is 18.7 Å². The second kappa shape index (κ2) is 6.12. The Morgan fingerprint density at radius 3 is 2.59 bits per heavy atom. The van der Waals surface area contributed by atoms with Crippen LogP contribution in [-0.4, -0.2) is 11.0 Å². The molecule has 0 aliphatic rings. The molecule has 1 N–H and O–H groups in total. The molecule has 1 atom stereocenters.